The summed E-state index contributed by atoms with van der Waals surface area (Å²) < 4.78 is 11.8. The number of alkyl halides is 1. The van der Waals surface area contributed by atoms with Crippen molar-refractivity contribution >= 4 is 21.7 Å². The molecule has 0 saturated heterocycles. The number of hydrogen-bond acceptors (Lipinski definition) is 3. The van der Waals surface area contributed by atoms with Crippen LogP contribution in [0.2, 0.25) is 0 Å². The Morgan fingerprint density at radius 3 is 2.11 bits per heavy atom. The lowest BCUT2D eigenvalue weighted by molar-refractivity contribution is 0.102. The summed E-state index contributed by atoms with van der Waals surface area (Å²) in [6.07, 6.45) is 0.681. The van der Waals surface area contributed by atoms with Crippen molar-refractivity contribution in [1.29, 1.82) is 0 Å². The monoisotopic (exact) mass is 438 g/mol. The van der Waals surface area contributed by atoms with E-state index in [9.17, 15) is 4.79 Å². The van der Waals surface area contributed by atoms with Crippen LogP contribution in [0.25, 0.3) is 0 Å². The normalized spacial score (nSPS) is 10.6. The molecule has 3 nitrogen and oxygen atoms in total. The molecular formula is C24H23BrO3. The van der Waals surface area contributed by atoms with E-state index in [2.05, 4.69) is 15.9 Å². The maximum absolute atomic E-state index is 12.1. The van der Waals surface area contributed by atoms with Gasteiger partial charge in [-0.3, -0.25) is 4.79 Å². The van der Waals surface area contributed by atoms with E-state index in [1.54, 1.807) is 0 Å². The second-order valence-corrected chi connectivity index (χ2v) is 7.00. The molecule has 0 fully saturated rings. The van der Waals surface area contributed by atoms with Crippen molar-refractivity contribution in [3.05, 3.63) is 101 Å². The van der Waals surface area contributed by atoms with Crippen LogP contribution in [0.1, 0.15) is 27.0 Å². The molecule has 0 N–H and O–H groups in total. The maximum Gasteiger partial charge on any atom is 0.173 e. The minimum Gasteiger partial charge on any atom is -0.489 e. The van der Waals surface area contributed by atoms with E-state index in [1.165, 1.54) is 0 Å². The van der Waals surface area contributed by atoms with Gasteiger partial charge in [-0.15, -0.1) is 0 Å². The van der Waals surface area contributed by atoms with E-state index in [0.29, 0.717) is 37.1 Å². The summed E-state index contributed by atoms with van der Waals surface area (Å²) in [5.41, 5.74) is 3.92. The number of ether oxygens (including phenoxy) is 2. The van der Waals surface area contributed by atoms with E-state index in [1.807, 2.05) is 78.9 Å². The largest absolute Gasteiger partial charge is 0.489 e. The lowest BCUT2D eigenvalue weighted by Crippen LogP contribution is -2.06. The van der Waals surface area contributed by atoms with Crippen molar-refractivity contribution in [1.82, 2.24) is 0 Å². The summed E-state index contributed by atoms with van der Waals surface area (Å²) >= 11 is 3.24. The van der Waals surface area contributed by atoms with Crippen LogP contribution in [0.4, 0.5) is 0 Å². The van der Waals surface area contributed by atoms with Gasteiger partial charge in [-0.2, -0.15) is 0 Å². The van der Waals surface area contributed by atoms with Crippen LogP contribution in [-0.4, -0.2) is 17.7 Å². The highest BCUT2D eigenvalue weighted by Gasteiger charge is 2.10. The minimum atomic E-state index is 0.0565. The van der Waals surface area contributed by atoms with Crippen LogP contribution in [0.15, 0.2) is 78.9 Å². The van der Waals surface area contributed by atoms with Crippen LogP contribution in [0.5, 0.6) is 5.75 Å². The third-order valence-corrected chi connectivity index (χ3v) is 4.88. The lowest BCUT2D eigenvalue weighted by Gasteiger charge is -2.13. The predicted molar refractivity (Wildman–Crippen MR) is 115 cm³/mol. The Bertz CT molecular complexity index is 879. The molecule has 0 unspecified atom stereocenters. The minimum absolute atomic E-state index is 0.0565. The van der Waals surface area contributed by atoms with E-state index >= 15 is 0 Å². The van der Waals surface area contributed by atoms with Crippen LogP contribution in [-0.2, 0) is 24.4 Å². The van der Waals surface area contributed by atoms with Gasteiger partial charge in [0.1, 0.15) is 12.4 Å². The molecule has 144 valence electrons. The molecule has 28 heavy (non-hydrogen) atoms. The summed E-state index contributed by atoms with van der Waals surface area (Å²) in [6, 6.07) is 25.7. The fraction of sp³-hybridized carbons (Fsp3) is 0.208. The third kappa shape index (κ3) is 6.04. The van der Waals surface area contributed by atoms with Crippen LogP contribution in [0, 0.1) is 0 Å². The second-order valence-electron chi connectivity index (χ2n) is 6.44. The first-order chi connectivity index (χ1) is 13.8. The topological polar surface area (TPSA) is 35.5 Å². The zero-order valence-electron chi connectivity index (χ0n) is 15.6. The standard InChI is InChI=1S/C24H23BrO3/c25-16-23(26)21-11-12-24(28-18-20-9-5-2-6-10-20)22(15-21)13-14-27-17-19-7-3-1-4-8-19/h1-12,15H,13-14,16-18H2. The Morgan fingerprint density at radius 2 is 1.46 bits per heavy atom. The van der Waals surface area contributed by atoms with Gasteiger partial charge in [0.25, 0.3) is 0 Å². The highest BCUT2D eigenvalue weighted by atomic mass is 79.9. The fourth-order valence-corrected chi connectivity index (χ4v) is 3.17. The van der Waals surface area contributed by atoms with E-state index in [0.717, 1.165) is 22.4 Å². The highest BCUT2D eigenvalue weighted by molar-refractivity contribution is 9.09. The summed E-state index contributed by atoms with van der Waals surface area (Å²) in [4.78, 5) is 12.1. The van der Waals surface area contributed by atoms with E-state index in [-0.39, 0.29) is 5.78 Å². The molecule has 0 heterocycles. The van der Waals surface area contributed by atoms with Crippen molar-refractivity contribution in [2.45, 2.75) is 19.6 Å². The number of hydrogen-bond donors (Lipinski definition) is 0. The first-order valence-corrected chi connectivity index (χ1v) is 10.4. The van der Waals surface area contributed by atoms with Crippen LogP contribution < -0.4 is 4.74 Å². The lowest BCUT2D eigenvalue weighted by atomic mass is 10.0. The molecule has 3 rings (SSSR count). The van der Waals surface area contributed by atoms with Gasteiger partial charge in [-0.1, -0.05) is 76.6 Å². The van der Waals surface area contributed by atoms with Crippen molar-refractivity contribution in [2.24, 2.45) is 0 Å². The van der Waals surface area contributed by atoms with E-state index in [4.69, 9.17) is 9.47 Å². The van der Waals surface area contributed by atoms with Crippen molar-refractivity contribution < 1.29 is 14.3 Å². The van der Waals surface area contributed by atoms with Gasteiger partial charge >= 0.3 is 0 Å². The first-order valence-electron chi connectivity index (χ1n) is 9.27. The smallest absolute Gasteiger partial charge is 0.173 e. The van der Waals surface area contributed by atoms with Gasteiger partial charge in [0.15, 0.2) is 5.78 Å². The first kappa shape index (κ1) is 20.3. The number of rotatable bonds is 10. The van der Waals surface area contributed by atoms with Crippen molar-refractivity contribution in [3.8, 4) is 5.75 Å². The van der Waals surface area contributed by atoms with Crippen LogP contribution in [0.3, 0.4) is 0 Å². The number of benzene rings is 3. The third-order valence-electron chi connectivity index (χ3n) is 4.37. The van der Waals surface area contributed by atoms with Crippen molar-refractivity contribution in [3.63, 3.8) is 0 Å². The maximum atomic E-state index is 12.1. The Kier molecular flexibility index (Phi) is 7.82. The Morgan fingerprint density at radius 1 is 0.821 bits per heavy atom. The molecule has 0 radical (unpaired) electrons. The Hall–Kier alpha value is -2.43. The van der Waals surface area contributed by atoms with Crippen LogP contribution >= 0.6 is 15.9 Å². The molecule has 0 aliphatic carbocycles. The molecule has 0 bridgehead atoms. The average molecular weight is 439 g/mol. The summed E-state index contributed by atoms with van der Waals surface area (Å²) in [7, 11) is 0. The van der Waals surface area contributed by atoms with Gasteiger partial charge in [0.05, 0.1) is 18.5 Å². The quantitative estimate of drug-likeness (QED) is 0.234. The van der Waals surface area contributed by atoms with Gasteiger partial charge in [0.2, 0.25) is 0 Å². The molecule has 0 aromatic heterocycles. The zero-order chi connectivity index (χ0) is 19.6. The van der Waals surface area contributed by atoms with Gasteiger partial charge in [-0.25, -0.2) is 0 Å². The average Bonchev–Trinajstić information content (AvgIpc) is 2.76. The molecule has 0 aliphatic rings. The van der Waals surface area contributed by atoms with Gasteiger partial charge in [-0.05, 0) is 41.3 Å². The predicted octanol–water partition coefficient (Wildman–Crippen LogP) is 5.60. The Balaban J connectivity index is 1.65. The Labute approximate surface area is 174 Å². The summed E-state index contributed by atoms with van der Waals surface area (Å²) in [6.45, 7) is 1.62. The van der Waals surface area contributed by atoms with E-state index < -0.39 is 0 Å². The molecule has 3 aromatic carbocycles. The molecule has 0 atom stereocenters. The number of ketones is 1. The zero-order valence-corrected chi connectivity index (χ0v) is 17.2. The number of Topliss-reactive ketones (excluding diaryl/α,β-unsaturated/α-hetero) is 1. The molecular weight excluding hydrogens is 416 g/mol. The second kappa shape index (κ2) is 10.8. The molecule has 4 heteroatoms. The summed E-state index contributed by atoms with van der Waals surface area (Å²) in [5.74, 6) is 0.847. The van der Waals surface area contributed by atoms with Crippen molar-refractivity contribution in [2.75, 3.05) is 11.9 Å². The molecule has 0 spiro atoms. The van der Waals surface area contributed by atoms with Gasteiger partial charge < -0.3 is 9.47 Å². The van der Waals surface area contributed by atoms with Gasteiger partial charge in [0, 0.05) is 5.56 Å². The molecule has 0 amide bonds. The number of halogens is 1. The fourth-order valence-electron chi connectivity index (χ4n) is 2.85. The summed E-state index contributed by atoms with van der Waals surface area (Å²) in [5, 5.41) is 0.307. The molecule has 0 saturated carbocycles. The number of carbonyl (C=O) groups excluding carboxylic acids is 1. The molecule has 3 aromatic rings. The highest BCUT2D eigenvalue weighted by Crippen LogP contribution is 2.23. The SMILES string of the molecule is O=C(CBr)c1ccc(OCc2ccccc2)c(CCOCc2ccccc2)c1. The molecule has 0 aliphatic heterocycles. The number of carbonyl (C=O) groups is 1.